The second kappa shape index (κ2) is 8.31. The monoisotopic (exact) mass is 446 g/mol. The molecule has 15 nitrogen and oxygen atoms in total. The third-order valence-corrected chi connectivity index (χ3v) is 4.80. The molecule has 1 aliphatic heterocycles. The van der Waals surface area contributed by atoms with Gasteiger partial charge >= 0.3 is 0 Å². The summed E-state index contributed by atoms with van der Waals surface area (Å²) in [6.07, 6.45) is -4.00. The number of non-ortho nitro benzene ring substituents is 1. The maximum atomic E-state index is 12.3. The van der Waals surface area contributed by atoms with Gasteiger partial charge in [-0.3, -0.25) is 24.5 Å². The molecule has 1 aromatic carbocycles. The second-order valence-electron chi connectivity index (χ2n) is 6.88. The highest BCUT2D eigenvalue weighted by atomic mass is 16.6. The zero-order chi connectivity index (χ0) is 23.0. The first-order valence-electron chi connectivity index (χ1n) is 9.24. The SMILES string of the molecule is Nc1nc2c(nc(N/N=C\c3cccc([N+](=O)[O-])c3)n2[C@H]2O[C@@H](CO)[C@@H](O)[C@H]2O)c(=O)[nH]1. The van der Waals surface area contributed by atoms with Crippen molar-refractivity contribution in [3.8, 4) is 0 Å². The number of nitrogens with zero attached hydrogens (tertiary/aromatic N) is 5. The van der Waals surface area contributed by atoms with Crippen molar-refractivity contribution >= 4 is 35.0 Å². The normalized spacial score (nSPS) is 23.2. The highest BCUT2D eigenvalue weighted by Crippen LogP contribution is 2.33. The van der Waals surface area contributed by atoms with Gasteiger partial charge in [-0.1, -0.05) is 12.1 Å². The van der Waals surface area contributed by atoms with Crippen LogP contribution in [0, 0.1) is 10.1 Å². The van der Waals surface area contributed by atoms with Gasteiger partial charge in [-0.2, -0.15) is 10.1 Å². The van der Waals surface area contributed by atoms with Crippen LogP contribution in [-0.4, -0.2) is 70.9 Å². The van der Waals surface area contributed by atoms with Gasteiger partial charge in [0.25, 0.3) is 11.2 Å². The molecule has 0 saturated carbocycles. The maximum absolute atomic E-state index is 12.3. The zero-order valence-corrected chi connectivity index (χ0v) is 16.2. The molecule has 3 aromatic rings. The average molecular weight is 446 g/mol. The molecule has 168 valence electrons. The Labute approximate surface area is 177 Å². The minimum absolute atomic E-state index is 0.0610. The summed E-state index contributed by atoms with van der Waals surface area (Å²) in [5.74, 6) is -0.317. The summed E-state index contributed by atoms with van der Waals surface area (Å²) >= 11 is 0. The molecule has 1 saturated heterocycles. The van der Waals surface area contributed by atoms with Crippen molar-refractivity contribution in [1.29, 1.82) is 0 Å². The van der Waals surface area contributed by atoms with Crippen molar-refractivity contribution in [2.24, 2.45) is 5.10 Å². The molecular formula is C17H18N8O7. The molecule has 4 rings (SSSR count). The van der Waals surface area contributed by atoms with E-state index in [1.165, 1.54) is 29.0 Å². The number of aromatic amines is 1. The quantitative estimate of drug-likeness (QED) is 0.148. The first-order chi connectivity index (χ1) is 15.3. The van der Waals surface area contributed by atoms with E-state index in [1.54, 1.807) is 6.07 Å². The number of aliphatic hydroxyl groups excluding tert-OH is 3. The molecular weight excluding hydrogens is 428 g/mol. The van der Waals surface area contributed by atoms with Gasteiger partial charge in [-0.15, -0.1) is 0 Å². The van der Waals surface area contributed by atoms with Gasteiger partial charge in [-0.25, -0.2) is 10.4 Å². The number of benzene rings is 1. The van der Waals surface area contributed by atoms with Crippen LogP contribution >= 0.6 is 0 Å². The van der Waals surface area contributed by atoms with Crippen LogP contribution in [0.2, 0.25) is 0 Å². The van der Waals surface area contributed by atoms with Crippen LogP contribution < -0.4 is 16.7 Å². The van der Waals surface area contributed by atoms with E-state index >= 15 is 0 Å². The molecule has 1 aliphatic rings. The number of nitro groups is 1. The number of nitrogens with two attached hydrogens (primary N) is 1. The Bertz CT molecular complexity index is 1260. The molecule has 0 bridgehead atoms. The Hall–Kier alpha value is -3.92. The Morgan fingerprint density at radius 3 is 2.84 bits per heavy atom. The molecule has 7 N–H and O–H groups in total. The number of H-pyrrole nitrogens is 1. The first-order valence-corrected chi connectivity index (χ1v) is 9.24. The van der Waals surface area contributed by atoms with Gasteiger partial charge < -0.3 is 25.8 Å². The molecule has 0 spiro atoms. The van der Waals surface area contributed by atoms with E-state index in [0.29, 0.717) is 5.56 Å². The third-order valence-electron chi connectivity index (χ3n) is 4.80. The summed E-state index contributed by atoms with van der Waals surface area (Å²) in [5.41, 5.74) is 7.61. The number of imidazole rings is 1. The van der Waals surface area contributed by atoms with Crippen LogP contribution in [0.25, 0.3) is 11.2 Å². The number of aromatic nitrogens is 4. The summed E-state index contributed by atoms with van der Waals surface area (Å²) in [4.78, 5) is 33.1. The summed E-state index contributed by atoms with van der Waals surface area (Å²) in [6.45, 7) is -0.564. The van der Waals surface area contributed by atoms with Crippen molar-refractivity contribution in [2.45, 2.75) is 24.5 Å². The average Bonchev–Trinajstić information content (AvgIpc) is 3.25. The predicted molar refractivity (Wildman–Crippen MR) is 110 cm³/mol. The second-order valence-corrected chi connectivity index (χ2v) is 6.88. The lowest BCUT2D eigenvalue weighted by Crippen LogP contribution is -2.33. The number of nitrogens with one attached hydrogen (secondary N) is 2. The van der Waals surface area contributed by atoms with E-state index in [-0.39, 0.29) is 28.7 Å². The highest BCUT2D eigenvalue weighted by Gasteiger charge is 2.45. The van der Waals surface area contributed by atoms with Crippen molar-refractivity contribution in [3.05, 3.63) is 50.3 Å². The maximum Gasteiger partial charge on any atom is 0.280 e. The zero-order valence-electron chi connectivity index (χ0n) is 16.2. The molecule has 1 fully saturated rings. The van der Waals surface area contributed by atoms with E-state index in [4.69, 9.17) is 10.5 Å². The van der Waals surface area contributed by atoms with Crippen LogP contribution in [0.1, 0.15) is 11.8 Å². The molecule has 3 heterocycles. The van der Waals surface area contributed by atoms with Gasteiger partial charge in [0.2, 0.25) is 11.9 Å². The summed E-state index contributed by atoms with van der Waals surface area (Å²) in [5, 5.41) is 44.8. The molecule has 0 unspecified atom stereocenters. The van der Waals surface area contributed by atoms with E-state index < -0.39 is 41.6 Å². The van der Waals surface area contributed by atoms with Crippen molar-refractivity contribution in [1.82, 2.24) is 19.5 Å². The third kappa shape index (κ3) is 3.76. The number of rotatable bonds is 6. The standard InChI is InChI=1S/C17H18N8O7/c18-16-21-13-10(14(29)22-16)20-17(24(13)15-12(28)11(27)9(6-26)32-15)23-19-5-7-2-1-3-8(4-7)25(30)31/h1-5,9,11-12,15,26-28H,6H2,(H,20,23)(H3,18,21,22,29)/b19-5-/t9-,11+,12+,15-/m0/s1. The number of aliphatic hydroxyl groups is 3. The van der Waals surface area contributed by atoms with Crippen molar-refractivity contribution in [2.75, 3.05) is 17.8 Å². The summed E-state index contributed by atoms with van der Waals surface area (Å²) < 4.78 is 6.70. The van der Waals surface area contributed by atoms with Crippen LogP contribution in [0.5, 0.6) is 0 Å². The molecule has 0 radical (unpaired) electrons. The lowest BCUT2D eigenvalue weighted by molar-refractivity contribution is -0.384. The first kappa shape index (κ1) is 21.3. The lowest BCUT2D eigenvalue weighted by Gasteiger charge is -2.18. The lowest BCUT2D eigenvalue weighted by atomic mass is 10.1. The van der Waals surface area contributed by atoms with Crippen LogP contribution in [-0.2, 0) is 4.74 Å². The van der Waals surface area contributed by atoms with Crippen LogP contribution in [0.4, 0.5) is 17.6 Å². The van der Waals surface area contributed by atoms with Gasteiger partial charge in [0.15, 0.2) is 17.4 Å². The van der Waals surface area contributed by atoms with Gasteiger partial charge in [0.1, 0.15) is 18.3 Å². The number of nitro benzene ring substituents is 1. The fourth-order valence-corrected chi connectivity index (χ4v) is 3.30. The Morgan fingerprint density at radius 2 is 2.16 bits per heavy atom. The molecule has 32 heavy (non-hydrogen) atoms. The number of anilines is 2. The minimum Gasteiger partial charge on any atom is -0.394 e. The number of hydrogen-bond acceptors (Lipinski definition) is 12. The Balaban J connectivity index is 1.74. The van der Waals surface area contributed by atoms with Crippen LogP contribution in [0.15, 0.2) is 34.2 Å². The predicted octanol–water partition coefficient (Wildman–Crippen LogP) is -1.33. The number of hydrazone groups is 1. The van der Waals surface area contributed by atoms with Gasteiger partial charge in [0, 0.05) is 17.7 Å². The number of nitrogen functional groups attached to an aromatic ring is 1. The highest BCUT2D eigenvalue weighted by molar-refractivity contribution is 5.81. The minimum atomic E-state index is -1.49. The molecule has 0 amide bonds. The fourth-order valence-electron chi connectivity index (χ4n) is 3.30. The number of fused-ring (bicyclic) bond motifs is 1. The van der Waals surface area contributed by atoms with Crippen molar-refractivity contribution in [3.63, 3.8) is 0 Å². The van der Waals surface area contributed by atoms with E-state index in [0.717, 1.165) is 0 Å². The fraction of sp³-hybridized carbons (Fsp3) is 0.294. The summed E-state index contributed by atoms with van der Waals surface area (Å²) in [6, 6.07) is 5.70. The topological polar surface area (TPSA) is 227 Å². The molecule has 2 aromatic heterocycles. The smallest absolute Gasteiger partial charge is 0.280 e. The van der Waals surface area contributed by atoms with Gasteiger partial charge in [0.05, 0.1) is 17.7 Å². The van der Waals surface area contributed by atoms with Gasteiger partial charge in [-0.05, 0) is 0 Å². The molecule has 15 heteroatoms. The molecule has 4 atom stereocenters. The Kier molecular flexibility index (Phi) is 5.54. The largest absolute Gasteiger partial charge is 0.394 e. The van der Waals surface area contributed by atoms with Crippen molar-refractivity contribution < 1.29 is 25.0 Å². The number of hydrogen-bond donors (Lipinski definition) is 6. The summed E-state index contributed by atoms with van der Waals surface area (Å²) in [7, 11) is 0. The van der Waals surface area contributed by atoms with E-state index in [2.05, 4.69) is 25.5 Å². The number of ether oxygens (including phenoxy) is 1. The molecule has 0 aliphatic carbocycles. The Morgan fingerprint density at radius 1 is 1.38 bits per heavy atom. The van der Waals surface area contributed by atoms with E-state index in [1.807, 2.05) is 0 Å². The van der Waals surface area contributed by atoms with Crippen LogP contribution in [0.3, 0.4) is 0 Å². The van der Waals surface area contributed by atoms with E-state index in [9.17, 15) is 30.2 Å².